The number of carbonyl (C=O) groups is 1. The van der Waals surface area contributed by atoms with Crippen LogP contribution in [0, 0.1) is 11.3 Å². The Morgan fingerprint density at radius 2 is 2.09 bits per heavy atom. The summed E-state index contributed by atoms with van der Waals surface area (Å²) in [5.41, 5.74) is -1.10. The fraction of sp³-hybridized carbons (Fsp3) is 0.0667. The predicted molar refractivity (Wildman–Crippen MR) is 85.7 cm³/mol. The van der Waals surface area contributed by atoms with Crippen LogP contribution in [0.2, 0.25) is 0 Å². The molecule has 1 N–H and O–H groups in total. The van der Waals surface area contributed by atoms with Gasteiger partial charge in [0.2, 0.25) is 0 Å². The highest BCUT2D eigenvalue weighted by Gasteiger charge is 2.30. The summed E-state index contributed by atoms with van der Waals surface area (Å²) in [4.78, 5) is 12.7. The molecule has 0 fully saturated rings. The molecular weight excluding hydrogens is 393 g/mol. The van der Waals surface area contributed by atoms with Gasteiger partial charge in [-0.05, 0) is 46.3 Å². The highest BCUT2D eigenvalue weighted by atomic mass is 79.9. The lowest BCUT2D eigenvalue weighted by Gasteiger charge is -2.09. The van der Waals surface area contributed by atoms with E-state index < -0.39 is 17.6 Å². The van der Waals surface area contributed by atoms with Crippen molar-refractivity contribution in [3.05, 3.63) is 56.2 Å². The molecule has 0 aliphatic heterocycles. The van der Waals surface area contributed by atoms with Crippen molar-refractivity contribution in [3.8, 4) is 6.07 Å². The molecule has 1 aromatic carbocycles. The molecule has 0 saturated heterocycles. The second-order valence-corrected chi connectivity index (χ2v) is 6.23. The third-order valence-corrected chi connectivity index (χ3v) is 4.33. The Bertz CT molecular complexity index is 806. The number of thiophene rings is 1. The van der Waals surface area contributed by atoms with Gasteiger partial charge in [0.1, 0.15) is 11.6 Å². The minimum absolute atomic E-state index is 0.0293. The molecule has 23 heavy (non-hydrogen) atoms. The normalized spacial score (nSPS) is 11.9. The fourth-order valence-corrected chi connectivity index (χ4v) is 3.04. The first-order valence-electron chi connectivity index (χ1n) is 6.14. The van der Waals surface area contributed by atoms with E-state index in [9.17, 15) is 18.0 Å². The van der Waals surface area contributed by atoms with Crippen molar-refractivity contribution in [2.75, 3.05) is 5.32 Å². The first-order valence-corrected chi connectivity index (χ1v) is 7.81. The number of nitriles is 1. The van der Waals surface area contributed by atoms with E-state index in [0.29, 0.717) is 4.88 Å². The molecule has 2 aromatic rings. The average Bonchev–Trinajstić information content (AvgIpc) is 2.89. The van der Waals surface area contributed by atoms with Crippen LogP contribution in [-0.4, -0.2) is 5.91 Å². The number of anilines is 1. The molecule has 0 unspecified atom stereocenters. The van der Waals surface area contributed by atoms with Gasteiger partial charge in [0, 0.05) is 20.4 Å². The Hall–Kier alpha value is -2.11. The van der Waals surface area contributed by atoms with Crippen molar-refractivity contribution in [2.45, 2.75) is 6.18 Å². The molecule has 0 radical (unpaired) electrons. The molecule has 118 valence electrons. The number of nitrogens with zero attached hydrogens (tertiary/aromatic N) is 1. The molecule has 3 nitrogen and oxygen atoms in total. The van der Waals surface area contributed by atoms with Gasteiger partial charge >= 0.3 is 6.18 Å². The smallest absolute Gasteiger partial charge is 0.321 e. The Labute approximate surface area is 142 Å². The van der Waals surface area contributed by atoms with Crippen molar-refractivity contribution in [1.29, 1.82) is 5.26 Å². The zero-order valence-electron chi connectivity index (χ0n) is 11.3. The van der Waals surface area contributed by atoms with Crippen molar-refractivity contribution in [1.82, 2.24) is 0 Å². The summed E-state index contributed by atoms with van der Waals surface area (Å²) < 4.78 is 38.7. The van der Waals surface area contributed by atoms with Crippen LogP contribution in [0.1, 0.15) is 10.4 Å². The summed E-state index contributed by atoms with van der Waals surface area (Å²) in [6.45, 7) is 0. The lowest BCUT2D eigenvalue weighted by molar-refractivity contribution is -0.137. The number of benzene rings is 1. The third kappa shape index (κ3) is 4.68. The van der Waals surface area contributed by atoms with Gasteiger partial charge in [0.05, 0.1) is 5.56 Å². The van der Waals surface area contributed by atoms with Crippen LogP contribution in [0.3, 0.4) is 0 Å². The molecule has 0 saturated carbocycles. The van der Waals surface area contributed by atoms with Crippen LogP contribution in [-0.2, 0) is 11.0 Å². The standard InChI is InChI=1S/C15H8BrF3N2OS/c16-11-6-13(23-8-11)4-9(7-20)14(22)21-12-3-1-2-10(5-12)15(17,18)19/h1-6,8H,(H,21,22)/b9-4-. The number of amides is 1. The van der Waals surface area contributed by atoms with E-state index >= 15 is 0 Å². The van der Waals surface area contributed by atoms with Crippen LogP contribution in [0.4, 0.5) is 18.9 Å². The predicted octanol–water partition coefficient (Wildman–Crippen LogP) is 5.08. The first-order chi connectivity index (χ1) is 10.8. The summed E-state index contributed by atoms with van der Waals surface area (Å²) in [5, 5.41) is 13.1. The molecule has 2 rings (SSSR count). The largest absolute Gasteiger partial charge is 0.416 e. The van der Waals surface area contributed by atoms with Crippen molar-refractivity contribution >= 4 is 44.9 Å². The molecule has 0 atom stereocenters. The third-order valence-electron chi connectivity index (χ3n) is 2.69. The SMILES string of the molecule is N#C/C(=C/c1cc(Br)cs1)C(=O)Nc1cccc(C(F)(F)F)c1. The summed E-state index contributed by atoms with van der Waals surface area (Å²) in [5.74, 6) is -0.767. The minimum atomic E-state index is -4.50. The Balaban J connectivity index is 2.21. The molecule has 0 aliphatic carbocycles. The average molecular weight is 401 g/mol. The summed E-state index contributed by atoms with van der Waals surface area (Å²) >= 11 is 4.57. The minimum Gasteiger partial charge on any atom is -0.321 e. The monoisotopic (exact) mass is 400 g/mol. The molecular formula is C15H8BrF3N2OS. The first kappa shape index (κ1) is 17.2. The molecule has 1 heterocycles. The fourth-order valence-electron chi connectivity index (χ4n) is 1.67. The second kappa shape index (κ2) is 6.98. The van der Waals surface area contributed by atoms with Crippen molar-refractivity contribution in [3.63, 3.8) is 0 Å². The lowest BCUT2D eigenvalue weighted by atomic mass is 10.1. The van der Waals surface area contributed by atoms with Gasteiger partial charge in [-0.25, -0.2) is 0 Å². The summed E-state index contributed by atoms with van der Waals surface area (Å²) in [6.07, 6.45) is -3.13. The van der Waals surface area contributed by atoms with Crippen LogP contribution in [0.25, 0.3) is 6.08 Å². The van der Waals surface area contributed by atoms with E-state index in [-0.39, 0.29) is 11.3 Å². The highest BCUT2D eigenvalue weighted by molar-refractivity contribution is 9.10. The van der Waals surface area contributed by atoms with E-state index in [1.165, 1.54) is 29.5 Å². The van der Waals surface area contributed by atoms with Gasteiger partial charge < -0.3 is 5.32 Å². The number of hydrogen-bond donors (Lipinski definition) is 1. The zero-order chi connectivity index (χ0) is 17.0. The van der Waals surface area contributed by atoms with Crippen molar-refractivity contribution < 1.29 is 18.0 Å². The maximum atomic E-state index is 12.6. The quantitative estimate of drug-likeness (QED) is 0.577. The lowest BCUT2D eigenvalue weighted by Crippen LogP contribution is -2.14. The van der Waals surface area contributed by atoms with Gasteiger partial charge in [-0.3, -0.25) is 4.79 Å². The Morgan fingerprint density at radius 3 is 2.65 bits per heavy atom. The van der Waals surface area contributed by atoms with Crippen LogP contribution >= 0.6 is 27.3 Å². The van der Waals surface area contributed by atoms with Crippen LogP contribution < -0.4 is 5.32 Å². The molecule has 1 amide bonds. The summed E-state index contributed by atoms with van der Waals surface area (Å²) in [7, 11) is 0. The van der Waals surface area contributed by atoms with E-state index in [2.05, 4.69) is 21.2 Å². The van der Waals surface area contributed by atoms with Crippen LogP contribution in [0.15, 0.2) is 45.8 Å². The highest BCUT2D eigenvalue weighted by Crippen LogP contribution is 2.30. The maximum Gasteiger partial charge on any atom is 0.416 e. The topological polar surface area (TPSA) is 52.9 Å². The van der Waals surface area contributed by atoms with Gasteiger partial charge in [-0.1, -0.05) is 6.07 Å². The van der Waals surface area contributed by atoms with Gasteiger partial charge in [-0.15, -0.1) is 11.3 Å². The maximum absolute atomic E-state index is 12.6. The van der Waals surface area contributed by atoms with Gasteiger partial charge in [0.25, 0.3) is 5.91 Å². The molecule has 8 heteroatoms. The second-order valence-electron chi connectivity index (χ2n) is 4.37. The Morgan fingerprint density at radius 1 is 1.35 bits per heavy atom. The number of carbonyl (C=O) groups excluding carboxylic acids is 1. The van der Waals surface area contributed by atoms with E-state index in [4.69, 9.17) is 5.26 Å². The number of hydrogen-bond acceptors (Lipinski definition) is 3. The zero-order valence-corrected chi connectivity index (χ0v) is 13.7. The van der Waals surface area contributed by atoms with E-state index in [1.54, 1.807) is 17.5 Å². The molecule has 0 spiro atoms. The molecule has 0 aliphatic rings. The van der Waals surface area contributed by atoms with Gasteiger partial charge in [-0.2, -0.15) is 18.4 Å². The van der Waals surface area contributed by atoms with Gasteiger partial charge in [0.15, 0.2) is 0 Å². The number of rotatable bonds is 3. The van der Waals surface area contributed by atoms with E-state index in [0.717, 1.165) is 16.6 Å². The van der Waals surface area contributed by atoms with Crippen LogP contribution in [0.5, 0.6) is 0 Å². The molecule has 0 bridgehead atoms. The number of halogens is 4. The summed E-state index contributed by atoms with van der Waals surface area (Å²) in [6, 6.07) is 7.69. The van der Waals surface area contributed by atoms with Crippen molar-refractivity contribution in [2.24, 2.45) is 0 Å². The molecule has 1 aromatic heterocycles. The Kier molecular flexibility index (Phi) is 5.23. The number of alkyl halides is 3. The number of nitrogens with one attached hydrogen (secondary N) is 1. The van der Waals surface area contributed by atoms with E-state index in [1.807, 2.05) is 0 Å².